The molecule has 2 aromatic carbocycles. The Morgan fingerprint density at radius 3 is 2.53 bits per heavy atom. The Kier molecular flexibility index (Phi) is 4.47. The van der Waals surface area contributed by atoms with Crippen molar-refractivity contribution >= 4 is 42.2 Å². The van der Waals surface area contributed by atoms with Gasteiger partial charge >= 0.3 is 0 Å². The van der Waals surface area contributed by atoms with Gasteiger partial charge in [0.25, 0.3) is 0 Å². The number of sulfone groups is 1. The molecule has 102 valence electrons. The summed E-state index contributed by atoms with van der Waals surface area (Å²) < 4.78 is 23.1. The fraction of sp³-hybridized carbons (Fsp3) is 0.286. The third kappa shape index (κ3) is 4.51. The van der Waals surface area contributed by atoms with Gasteiger partial charge in [0.15, 0.2) is 0 Å². The molecule has 0 aliphatic carbocycles. The average Bonchev–Trinajstić information content (AvgIpc) is 2.33. The fourth-order valence-electron chi connectivity index (χ4n) is 1.89. The van der Waals surface area contributed by atoms with Gasteiger partial charge < -0.3 is 5.32 Å². The van der Waals surface area contributed by atoms with Gasteiger partial charge in [-0.15, -0.1) is 0 Å². The van der Waals surface area contributed by atoms with Crippen LogP contribution in [0.5, 0.6) is 0 Å². The summed E-state index contributed by atoms with van der Waals surface area (Å²) in [5.74, 6) is 0.223. The number of nitrogens with one attached hydrogen (secondary N) is 1. The van der Waals surface area contributed by atoms with Crippen LogP contribution in [0.25, 0.3) is 10.8 Å². The van der Waals surface area contributed by atoms with E-state index in [0.29, 0.717) is 13.0 Å². The molecule has 0 saturated heterocycles. The quantitative estimate of drug-likeness (QED) is 0.847. The zero-order valence-corrected chi connectivity index (χ0v) is 13.1. The van der Waals surface area contributed by atoms with E-state index in [9.17, 15) is 8.42 Å². The number of benzene rings is 2. The molecule has 5 heteroatoms. The molecule has 0 bridgehead atoms. The number of hydrogen-bond donors (Lipinski definition) is 1. The highest BCUT2D eigenvalue weighted by Crippen LogP contribution is 2.22. The van der Waals surface area contributed by atoms with Crippen LogP contribution in [0, 0.1) is 0 Å². The first-order valence-electron chi connectivity index (χ1n) is 6.05. The number of halogens is 1. The molecule has 0 spiro atoms. The zero-order chi connectivity index (χ0) is 13.9. The highest BCUT2D eigenvalue weighted by atomic mass is 79.9. The fourth-order valence-corrected chi connectivity index (χ4v) is 2.94. The maximum absolute atomic E-state index is 11.0. The van der Waals surface area contributed by atoms with E-state index in [1.807, 2.05) is 12.1 Å². The summed E-state index contributed by atoms with van der Waals surface area (Å²) in [6, 6.07) is 12.3. The topological polar surface area (TPSA) is 46.2 Å². The molecule has 0 fully saturated rings. The average molecular weight is 342 g/mol. The molecular formula is C14H16BrNO2S. The Labute approximate surface area is 122 Å². The standard InChI is InChI=1S/C14H16BrNO2S/c1-19(17,18)8-2-7-16-14-6-4-11-9-13(15)5-3-12(11)10-14/h3-6,9-10,16H,2,7-8H2,1H3. The summed E-state index contributed by atoms with van der Waals surface area (Å²) in [4.78, 5) is 0. The monoisotopic (exact) mass is 341 g/mol. The molecule has 19 heavy (non-hydrogen) atoms. The predicted octanol–water partition coefficient (Wildman–Crippen LogP) is 3.45. The molecule has 1 N–H and O–H groups in total. The van der Waals surface area contributed by atoms with Crippen molar-refractivity contribution < 1.29 is 8.42 Å². The SMILES string of the molecule is CS(=O)(=O)CCCNc1ccc2cc(Br)ccc2c1. The Balaban J connectivity index is 2.00. The highest BCUT2D eigenvalue weighted by molar-refractivity contribution is 9.10. The minimum Gasteiger partial charge on any atom is -0.385 e. The lowest BCUT2D eigenvalue weighted by Gasteiger charge is -2.07. The molecule has 0 saturated carbocycles. The lowest BCUT2D eigenvalue weighted by molar-refractivity contribution is 0.600. The lowest BCUT2D eigenvalue weighted by atomic mass is 10.1. The zero-order valence-electron chi connectivity index (χ0n) is 10.7. The first-order valence-corrected chi connectivity index (χ1v) is 8.90. The summed E-state index contributed by atoms with van der Waals surface area (Å²) in [5.41, 5.74) is 1.02. The summed E-state index contributed by atoms with van der Waals surface area (Å²) in [6.45, 7) is 0.662. The Bertz CT molecular complexity index is 683. The maximum Gasteiger partial charge on any atom is 0.147 e. The van der Waals surface area contributed by atoms with Crippen LogP contribution >= 0.6 is 15.9 Å². The van der Waals surface area contributed by atoms with E-state index < -0.39 is 9.84 Å². The third-order valence-electron chi connectivity index (χ3n) is 2.82. The number of hydrogen-bond acceptors (Lipinski definition) is 3. The van der Waals surface area contributed by atoms with Crippen molar-refractivity contribution in [3.63, 3.8) is 0 Å². The minimum absolute atomic E-state index is 0.223. The van der Waals surface area contributed by atoms with Gasteiger partial charge in [-0.05, 0) is 41.5 Å². The Hall–Kier alpha value is -1.07. The molecule has 0 radical (unpaired) electrons. The maximum atomic E-state index is 11.0. The van der Waals surface area contributed by atoms with Crippen LogP contribution in [0.4, 0.5) is 5.69 Å². The van der Waals surface area contributed by atoms with Crippen molar-refractivity contribution in [3.05, 3.63) is 40.9 Å². The van der Waals surface area contributed by atoms with Crippen molar-refractivity contribution in [1.29, 1.82) is 0 Å². The van der Waals surface area contributed by atoms with Crippen molar-refractivity contribution in [2.75, 3.05) is 23.9 Å². The number of fused-ring (bicyclic) bond motifs is 1. The van der Waals surface area contributed by atoms with Crippen LogP contribution in [0.3, 0.4) is 0 Å². The molecule has 0 aromatic heterocycles. The molecule has 2 aromatic rings. The van der Waals surface area contributed by atoms with Crippen molar-refractivity contribution in [3.8, 4) is 0 Å². The summed E-state index contributed by atoms with van der Waals surface area (Å²) in [5, 5.41) is 5.59. The molecular weight excluding hydrogens is 326 g/mol. The molecule has 0 aliphatic rings. The van der Waals surface area contributed by atoms with Gasteiger partial charge in [0, 0.05) is 23.0 Å². The van der Waals surface area contributed by atoms with Crippen LogP contribution in [0.2, 0.25) is 0 Å². The molecule has 0 unspecified atom stereocenters. The predicted molar refractivity (Wildman–Crippen MR) is 84.5 cm³/mol. The summed E-state index contributed by atoms with van der Waals surface area (Å²) >= 11 is 3.45. The van der Waals surface area contributed by atoms with Gasteiger partial charge in [-0.3, -0.25) is 0 Å². The second kappa shape index (κ2) is 5.92. The molecule has 3 nitrogen and oxygen atoms in total. The van der Waals surface area contributed by atoms with Gasteiger partial charge in [-0.1, -0.05) is 28.1 Å². The van der Waals surface area contributed by atoms with E-state index in [0.717, 1.165) is 15.5 Å². The highest BCUT2D eigenvalue weighted by Gasteiger charge is 2.01. The first kappa shape index (κ1) is 14.3. The van der Waals surface area contributed by atoms with E-state index in [-0.39, 0.29) is 5.75 Å². The molecule has 0 aliphatic heterocycles. The van der Waals surface area contributed by atoms with Crippen LogP contribution in [0.15, 0.2) is 40.9 Å². The lowest BCUT2D eigenvalue weighted by Crippen LogP contribution is -2.09. The van der Waals surface area contributed by atoms with Gasteiger partial charge in [0.05, 0.1) is 5.75 Å². The molecule has 2 rings (SSSR count). The number of anilines is 1. The molecule has 0 amide bonds. The van der Waals surface area contributed by atoms with Crippen LogP contribution < -0.4 is 5.32 Å². The second-order valence-corrected chi connectivity index (χ2v) is 7.79. The van der Waals surface area contributed by atoms with Gasteiger partial charge in [0.1, 0.15) is 9.84 Å². The largest absolute Gasteiger partial charge is 0.385 e. The van der Waals surface area contributed by atoms with E-state index in [1.165, 1.54) is 11.6 Å². The smallest absolute Gasteiger partial charge is 0.147 e. The Morgan fingerprint density at radius 1 is 1.11 bits per heavy atom. The van der Waals surface area contributed by atoms with Gasteiger partial charge in [0.2, 0.25) is 0 Å². The van der Waals surface area contributed by atoms with Crippen molar-refractivity contribution in [2.45, 2.75) is 6.42 Å². The Morgan fingerprint density at radius 2 is 1.79 bits per heavy atom. The van der Waals surface area contributed by atoms with Crippen molar-refractivity contribution in [1.82, 2.24) is 0 Å². The van der Waals surface area contributed by atoms with Gasteiger partial charge in [-0.25, -0.2) is 8.42 Å². The van der Waals surface area contributed by atoms with Crippen molar-refractivity contribution in [2.24, 2.45) is 0 Å². The summed E-state index contributed by atoms with van der Waals surface area (Å²) in [6.07, 6.45) is 1.89. The van der Waals surface area contributed by atoms with Crippen LogP contribution in [-0.4, -0.2) is 27.0 Å². The molecule has 0 heterocycles. The minimum atomic E-state index is -2.86. The van der Waals surface area contributed by atoms with E-state index in [1.54, 1.807) is 0 Å². The van der Waals surface area contributed by atoms with Crippen LogP contribution in [0.1, 0.15) is 6.42 Å². The van der Waals surface area contributed by atoms with E-state index >= 15 is 0 Å². The summed E-state index contributed by atoms with van der Waals surface area (Å²) in [7, 11) is -2.86. The normalized spacial score (nSPS) is 11.7. The molecule has 0 atom stereocenters. The number of rotatable bonds is 5. The third-order valence-corrected chi connectivity index (χ3v) is 4.35. The van der Waals surface area contributed by atoms with Crippen LogP contribution in [-0.2, 0) is 9.84 Å². The van der Waals surface area contributed by atoms with Gasteiger partial charge in [-0.2, -0.15) is 0 Å². The van der Waals surface area contributed by atoms with E-state index in [2.05, 4.69) is 45.5 Å². The second-order valence-electron chi connectivity index (χ2n) is 4.62. The van der Waals surface area contributed by atoms with E-state index in [4.69, 9.17) is 0 Å². The first-order chi connectivity index (χ1) is 8.94.